The average molecular weight is 369 g/mol. The molecule has 8 nitrogen and oxygen atoms in total. The van der Waals surface area contributed by atoms with Crippen molar-refractivity contribution in [3.05, 3.63) is 0 Å². The Bertz CT molecular complexity index is 657. The van der Waals surface area contributed by atoms with E-state index in [0.29, 0.717) is 9.47 Å². The molecule has 0 spiro atoms. The summed E-state index contributed by atoms with van der Waals surface area (Å²) in [4.78, 5) is 37.0. The van der Waals surface area contributed by atoms with Crippen molar-refractivity contribution < 1.29 is 14.4 Å². The van der Waals surface area contributed by atoms with Gasteiger partial charge in [0.2, 0.25) is 16.9 Å². The normalized spacial score (nSPS) is 17.9. The Hall–Kier alpha value is -1.68. The predicted octanol–water partition coefficient (Wildman–Crippen LogP) is 1.52. The highest BCUT2D eigenvalue weighted by Crippen LogP contribution is 2.36. The van der Waals surface area contributed by atoms with Gasteiger partial charge in [0.25, 0.3) is 0 Å². The van der Waals surface area contributed by atoms with Gasteiger partial charge in [-0.2, -0.15) is 0 Å². The van der Waals surface area contributed by atoms with Crippen LogP contribution in [0.25, 0.3) is 0 Å². The smallest absolute Gasteiger partial charge is 0.321 e. The van der Waals surface area contributed by atoms with Gasteiger partial charge in [-0.25, -0.2) is 4.79 Å². The fourth-order valence-electron chi connectivity index (χ4n) is 2.10. The molecule has 2 aliphatic rings. The summed E-state index contributed by atoms with van der Waals surface area (Å²) in [6.45, 7) is 3.22. The Morgan fingerprint density at radius 3 is 2.54 bits per heavy atom. The van der Waals surface area contributed by atoms with Gasteiger partial charge in [-0.1, -0.05) is 23.1 Å². The maximum atomic E-state index is 12.0. The maximum absolute atomic E-state index is 12.0. The van der Waals surface area contributed by atoms with Crippen LogP contribution in [0.15, 0.2) is 4.34 Å². The summed E-state index contributed by atoms with van der Waals surface area (Å²) < 4.78 is 0.599. The molecule has 2 fully saturated rings. The summed E-state index contributed by atoms with van der Waals surface area (Å²) in [5.41, 5.74) is 0. The molecular weight excluding hydrogens is 350 g/mol. The Labute approximate surface area is 147 Å². The first-order valence-electron chi connectivity index (χ1n) is 7.85. The van der Waals surface area contributed by atoms with Crippen molar-refractivity contribution in [1.82, 2.24) is 20.8 Å². The van der Waals surface area contributed by atoms with Crippen LogP contribution < -0.4 is 15.5 Å². The van der Waals surface area contributed by atoms with E-state index in [1.54, 1.807) is 11.8 Å². The number of amides is 4. The lowest BCUT2D eigenvalue weighted by Crippen LogP contribution is -2.43. The molecule has 1 aromatic heterocycles. The molecule has 0 aromatic carbocycles. The van der Waals surface area contributed by atoms with E-state index >= 15 is 0 Å². The van der Waals surface area contributed by atoms with E-state index in [0.717, 1.165) is 25.7 Å². The Kier molecular flexibility index (Phi) is 5.04. The standard InChI is InChI=1S/C14H19N5O3S2/c1-7(11(21)16-12(22)15-9-3-4-9)23-14-18-17-13(24-14)19(8(2)20)10-5-6-10/h7,9-10H,3-6H2,1-2H3,(H2,15,16,21,22). The molecule has 0 aliphatic heterocycles. The molecule has 2 N–H and O–H groups in total. The molecule has 130 valence electrons. The van der Waals surface area contributed by atoms with Gasteiger partial charge < -0.3 is 5.32 Å². The first-order chi connectivity index (χ1) is 11.4. The Morgan fingerprint density at radius 2 is 1.96 bits per heavy atom. The number of rotatable bonds is 6. The number of imide groups is 1. The van der Waals surface area contributed by atoms with E-state index in [1.165, 1.54) is 30.0 Å². The first kappa shape index (κ1) is 17.2. The van der Waals surface area contributed by atoms with E-state index in [2.05, 4.69) is 20.8 Å². The van der Waals surface area contributed by atoms with E-state index in [4.69, 9.17) is 0 Å². The SMILES string of the molecule is CC(=O)N(c1nnc(SC(C)C(=O)NC(=O)NC2CC2)s1)C1CC1. The number of hydrogen-bond donors (Lipinski definition) is 2. The quantitative estimate of drug-likeness (QED) is 0.582. The minimum Gasteiger partial charge on any atom is -0.335 e. The number of carbonyl (C=O) groups excluding carboxylic acids is 3. The molecule has 1 atom stereocenters. The zero-order valence-corrected chi connectivity index (χ0v) is 15.1. The molecule has 24 heavy (non-hydrogen) atoms. The largest absolute Gasteiger partial charge is 0.335 e. The number of nitrogens with one attached hydrogen (secondary N) is 2. The molecule has 3 rings (SSSR count). The number of urea groups is 1. The fraction of sp³-hybridized carbons (Fsp3) is 0.643. The summed E-state index contributed by atoms with van der Waals surface area (Å²) >= 11 is 2.51. The van der Waals surface area contributed by atoms with Crippen LogP contribution in [-0.2, 0) is 9.59 Å². The zero-order valence-electron chi connectivity index (χ0n) is 13.4. The number of anilines is 1. The van der Waals surface area contributed by atoms with E-state index in [9.17, 15) is 14.4 Å². The van der Waals surface area contributed by atoms with Crippen LogP contribution in [0, 0.1) is 0 Å². The summed E-state index contributed by atoms with van der Waals surface area (Å²) in [6, 6.07) is -0.0315. The van der Waals surface area contributed by atoms with E-state index < -0.39 is 11.3 Å². The molecule has 10 heteroatoms. The lowest BCUT2D eigenvalue weighted by atomic mass is 10.4. The number of thioether (sulfide) groups is 1. The topological polar surface area (TPSA) is 104 Å². The number of hydrogen-bond acceptors (Lipinski definition) is 7. The van der Waals surface area contributed by atoms with Crippen molar-refractivity contribution in [3.8, 4) is 0 Å². The van der Waals surface area contributed by atoms with Gasteiger partial charge in [0.1, 0.15) is 0 Å². The summed E-state index contributed by atoms with van der Waals surface area (Å²) in [7, 11) is 0. The summed E-state index contributed by atoms with van der Waals surface area (Å²) in [5, 5.41) is 13.2. The molecule has 2 saturated carbocycles. The third kappa shape index (κ3) is 4.44. The maximum Gasteiger partial charge on any atom is 0.321 e. The molecule has 0 saturated heterocycles. The summed E-state index contributed by atoms with van der Waals surface area (Å²) in [6.07, 6.45) is 3.90. The molecule has 1 unspecified atom stereocenters. The van der Waals surface area contributed by atoms with Gasteiger partial charge in [0.15, 0.2) is 4.34 Å². The molecule has 0 bridgehead atoms. The van der Waals surface area contributed by atoms with Crippen LogP contribution in [0.5, 0.6) is 0 Å². The highest BCUT2D eigenvalue weighted by atomic mass is 32.2. The van der Waals surface area contributed by atoms with Crippen molar-refractivity contribution in [1.29, 1.82) is 0 Å². The first-order valence-corrected chi connectivity index (χ1v) is 9.55. The van der Waals surface area contributed by atoms with Crippen LogP contribution in [0.2, 0.25) is 0 Å². The predicted molar refractivity (Wildman–Crippen MR) is 91.1 cm³/mol. The van der Waals surface area contributed by atoms with Gasteiger partial charge >= 0.3 is 6.03 Å². The average Bonchev–Trinajstić information content (AvgIpc) is 3.41. The van der Waals surface area contributed by atoms with E-state index in [-0.39, 0.29) is 23.9 Å². The van der Waals surface area contributed by atoms with Crippen LogP contribution >= 0.6 is 23.1 Å². The molecule has 1 heterocycles. The van der Waals surface area contributed by atoms with Gasteiger partial charge in [-0.05, 0) is 32.6 Å². The second kappa shape index (κ2) is 7.06. The lowest BCUT2D eigenvalue weighted by molar-refractivity contribution is -0.119. The van der Waals surface area contributed by atoms with Crippen molar-refractivity contribution in [2.24, 2.45) is 0 Å². The third-order valence-corrected chi connectivity index (χ3v) is 5.76. The van der Waals surface area contributed by atoms with Crippen LogP contribution in [0.1, 0.15) is 39.5 Å². The van der Waals surface area contributed by atoms with Crippen molar-refractivity contribution in [2.45, 2.75) is 61.2 Å². The third-order valence-electron chi connectivity index (χ3n) is 3.65. The van der Waals surface area contributed by atoms with Crippen molar-refractivity contribution in [3.63, 3.8) is 0 Å². The molecule has 4 amide bonds. The highest BCUT2D eigenvalue weighted by Gasteiger charge is 2.34. The second-order valence-electron chi connectivity index (χ2n) is 5.97. The zero-order chi connectivity index (χ0) is 17.3. The monoisotopic (exact) mass is 369 g/mol. The van der Waals surface area contributed by atoms with Gasteiger partial charge in [0, 0.05) is 19.0 Å². The molecule has 1 aromatic rings. The highest BCUT2D eigenvalue weighted by molar-refractivity contribution is 8.02. The lowest BCUT2D eigenvalue weighted by Gasteiger charge is -2.15. The van der Waals surface area contributed by atoms with Gasteiger partial charge in [0.05, 0.1) is 5.25 Å². The van der Waals surface area contributed by atoms with Crippen molar-refractivity contribution in [2.75, 3.05) is 4.90 Å². The fourth-order valence-corrected chi connectivity index (χ4v) is 4.20. The van der Waals surface area contributed by atoms with Crippen LogP contribution in [0.3, 0.4) is 0 Å². The Balaban J connectivity index is 1.54. The molecular formula is C14H19N5O3S2. The van der Waals surface area contributed by atoms with Crippen molar-refractivity contribution >= 4 is 46.1 Å². The minimum atomic E-state index is -0.484. The van der Waals surface area contributed by atoms with Crippen LogP contribution in [-0.4, -0.2) is 45.4 Å². The summed E-state index contributed by atoms with van der Waals surface area (Å²) in [5.74, 6) is -0.423. The molecule has 0 radical (unpaired) electrons. The Morgan fingerprint density at radius 1 is 1.25 bits per heavy atom. The van der Waals surface area contributed by atoms with Gasteiger partial charge in [-0.15, -0.1) is 10.2 Å². The number of nitrogens with zero attached hydrogens (tertiary/aromatic N) is 3. The van der Waals surface area contributed by atoms with Crippen LogP contribution in [0.4, 0.5) is 9.93 Å². The number of carbonyl (C=O) groups is 3. The minimum absolute atomic E-state index is 0.0484. The molecule has 2 aliphatic carbocycles. The van der Waals surface area contributed by atoms with Gasteiger partial charge in [-0.3, -0.25) is 19.8 Å². The second-order valence-corrected chi connectivity index (χ2v) is 8.51. The number of aromatic nitrogens is 2. The van der Waals surface area contributed by atoms with E-state index in [1.807, 2.05) is 0 Å².